The van der Waals surface area contributed by atoms with E-state index in [1.165, 1.54) is 0 Å². The van der Waals surface area contributed by atoms with Gasteiger partial charge in [0, 0.05) is 24.8 Å². The van der Waals surface area contributed by atoms with E-state index in [4.69, 9.17) is 9.47 Å². The highest BCUT2D eigenvalue weighted by molar-refractivity contribution is 5.61. The van der Waals surface area contributed by atoms with Crippen molar-refractivity contribution in [2.75, 3.05) is 30.4 Å². The number of nitrogens with one attached hydrogen (secondary N) is 1. The zero-order chi connectivity index (χ0) is 20.2. The standard InChI is InChI=1S/C19H22N8O2/c1-12-10-27(11-13(2)29-12)19-20-5-4-16(25-19)24-17-6-14(7-23-26-17)18-21-8-15(28-3)9-22-18/h4-9,12-13H,10-11H2,1-3H3,(H,20,24,25,26)/t12-,13+. The van der Waals surface area contributed by atoms with Crippen LogP contribution in [0.5, 0.6) is 5.75 Å². The van der Waals surface area contributed by atoms with Crippen LogP contribution in [-0.2, 0) is 4.74 Å². The number of ether oxygens (including phenoxy) is 2. The number of nitrogens with zero attached hydrogens (tertiary/aromatic N) is 7. The highest BCUT2D eigenvalue weighted by Crippen LogP contribution is 2.21. The van der Waals surface area contributed by atoms with Crippen molar-refractivity contribution in [3.8, 4) is 17.1 Å². The molecule has 0 aromatic carbocycles. The van der Waals surface area contributed by atoms with Crippen molar-refractivity contribution in [2.45, 2.75) is 26.1 Å². The summed E-state index contributed by atoms with van der Waals surface area (Å²) in [6.45, 7) is 5.59. The highest BCUT2D eigenvalue weighted by Gasteiger charge is 2.24. The molecule has 1 saturated heterocycles. The lowest BCUT2D eigenvalue weighted by atomic mass is 10.2. The molecule has 10 nitrogen and oxygen atoms in total. The molecule has 0 saturated carbocycles. The average Bonchev–Trinajstić information content (AvgIpc) is 2.73. The summed E-state index contributed by atoms with van der Waals surface area (Å²) in [5.41, 5.74) is 0.732. The van der Waals surface area contributed by atoms with Gasteiger partial charge in [0.15, 0.2) is 17.4 Å². The lowest BCUT2D eigenvalue weighted by molar-refractivity contribution is -0.00571. The summed E-state index contributed by atoms with van der Waals surface area (Å²) in [4.78, 5) is 19.7. The molecule has 0 spiro atoms. The number of anilines is 3. The van der Waals surface area contributed by atoms with Crippen molar-refractivity contribution in [1.29, 1.82) is 0 Å². The molecule has 1 aliphatic heterocycles. The van der Waals surface area contributed by atoms with Crippen LogP contribution in [-0.4, -0.2) is 62.5 Å². The molecule has 0 unspecified atom stereocenters. The normalized spacial score (nSPS) is 19.1. The Morgan fingerprint density at radius 2 is 1.83 bits per heavy atom. The summed E-state index contributed by atoms with van der Waals surface area (Å²) in [5.74, 6) is 2.94. The van der Waals surface area contributed by atoms with Gasteiger partial charge in [0.25, 0.3) is 0 Å². The number of hydrogen-bond donors (Lipinski definition) is 1. The van der Waals surface area contributed by atoms with Gasteiger partial charge in [-0.1, -0.05) is 0 Å². The van der Waals surface area contributed by atoms with Crippen LogP contribution in [0.3, 0.4) is 0 Å². The van der Waals surface area contributed by atoms with E-state index in [1.807, 2.05) is 19.9 Å². The van der Waals surface area contributed by atoms with Gasteiger partial charge in [-0.05, 0) is 26.0 Å². The second-order valence-electron chi connectivity index (χ2n) is 6.81. The molecule has 150 valence electrons. The van der Waals surface area contributed by atoms with Gasteiger partial charge in [-0.2, -0.15) is 10.1 Å². The van der Waals surface area contributed by atoms with E-state index in [0.717, 1.165) is 18.7 Å². The third-order valence-corrected chi connectivity index (χ3v) is 4.38. The fourth-order valence-corrected chi connectivity index (χ4v) is 3.16. The molecule has 4 heterocycles. The molecule has 1 aliphatic rings. The van der Waals surface area contributed by atoms with Crippen LogP contribution in [0.25, 0.3) is 11.4 Å². The molecule has 3 aromatic heterocycles. The van der Waals surface area contributed by atoms with Crippen molar-refractivity contribution in [3.63, 3.8) is 0 Å². The summed E-state index contributed by atoms with van der Waals surface area (Å²) < 4.78 is 10.9. The number of aromatic nitrogens is 6. The van der Waals surface area contributed by atoms with Gasteiger partial charge in [0.05, 0.1) is 37.9 Å². The Labute approximate surface area is 168 Å². The van der Waals surface area contributed by atoms with Crippen LogP contribution in [0.1, 0.15) is 13.8 Å². The van der Waals surface area contributed by atoms with E-state index >= 15 is 0 Å². The van der Waals surface area contributed by atoms with E-state index in [0.29, 0.717) is 29.2 Å². The Morgan fingerprint density at radius 3 is 2.55 bits per heavy atom. The fraction of sp³-hybridized carbons (Fsp3) is 0.368. The minimum atomic E-state index is 0.131. The molecule has 0 radical (unpaired) electrons. The predicted octanol–water partition coefficient (Wildman–Crippen LogP) is 2.09. The Kier molecular flexibility index (Phi) is 5.43. The molecule has 1 N–H and O–H groups in total. The van der Waals surface area contributed by atoms with E-state index in [1.54, 1.807) is 38.0 Å². The van der Waals surface area contributed by atoms with E-state index in [2.05, 4.69) is 40.3 Å². The second kappa shape index (κ2) is 8.31. The van der Waals surface area contributed by atoms with Crippen molar-refractivity contribution < 1.29 is 9.47 Å². The van der Waals surface area contributed by atoms with Crippen LogP contribution in [0, 0.1) is 0 Å². The Morgan fingerprint density at radius 1 is 1.07 bits per heavy atom. The third kappa shape index (κ3) is 4.54. The van der Waals surface area contributed by atoms with Crippen molar-refractivity contribution in [1.82, 2.24) is 30.1 Å². The maximum atomic E-state index is 5.78. The first-order chi connectivity index (χ1) is 14.1. The van der Waals surface area contributed by atoms with Gasteiger partial charge in [-0.15, -0.1) is 5.10 Å². The molecule has 1 fully saturated rings. The first-order valence-electron chi connectivity index (χ1n) is 9.30. The van der Waals surface area contributed by atoms with Gasteiger partial charge in [0.2, 0.25) is 5.95 Å². The number of methoxy groups -OCH3 is 1. The molecule has 0 bridgehead atoms. The summed E-state index contributed by atoms with van der Waals surface area (Å²) in [6.07, 6.45) is 6.80. The van der Waals surface area contributed by atoms with Crippen molar-refractivity contribution in [2.24, 2.45) is 0 Å². The Hall–Kier alpha value is -3.40. The molecule has 0 aliphatic carbocycles. The first-order valence-corrected chi connectivity index (χ1v) is 9.30. The molecule has 4 rings (SSSR count). The molecular weight excluding hydrogens is 372 g/mol. The van der Waals surface area contributed by atoms with Crippen molar-refractivity contribution in [3.05, 3.63) is 36.9 Å². The van der Waals surface area contributed by atoms with Crippen LogP contribution in [0.15, 0.2) is 36.9 Å². The number of morpholine rings is 1. The Balaban J connectivity index is 1.52. The summed E-state index contributed by atoms with van der Waals surface area (Å²) in [5, 5.41) is 11.3. The van der Waals surface area contributed by atoms with Crippen LogP contribution >= 0.6 is 0 Å². The van der Waals surface area contributed by atoms with Crippen molar-refractivity contribution >= 4 is 17.6 Å². The van der Waals surface area contributed by atoms with Gasteiger partial charge < -0.3 is 19.7 Å². The lowest BCUT2D eigenvalue weighted by Gasteiger charge is -2.35. The molecule has 3 aromatic rings. The molecule has 10 heteroatoms. The minimum Gasteiger partial charge on any atom is -0.494 e. The van der Waals surface area contributed by atoms with E-state index in [9.17, 15) is 0 Å². The fourth-order valence-electron chi connectivity index (χ4n) is 3.16. The zero-order valence-corrected chi connectivity index (χ0v) is 16.5. The lowest BCUT2D eigenvalue weighted by Crippen LogP contribution is -2.46. The topological polar surface area (TPSA) is 111 Å². The van der Waals surface area contributed by atoms with E-state index in [-0.39, 0.29) is 12.2 Å². The van der Waals surface area contributed by atoms with Gasteiger partial charge in [-0.3, -0.25) is 0 Å². The largest absolute Gasteiger partial charge is 0.494 e. The van der Waals surface area contributed by atoms with Gasteiger partial charge in [0.1, 0.15) is 5.82 Å². The quantitative estimate of drug-likeness (QED) is 0.690. The van der Waals surface area contributed by atoms with E-state index < -0.39 is 0 Å². The summed E-state index contributed by atoms with van der Waals surface area (Å²) in [7, 11) is 1.57. The van der Waals surface area contributed by atoms with Crippen LogP contribution < -0.4 is 15.0 Å². The zero-order valence-electron chi connectivity index (χ0n) is 16.5. The second-order valence-corrected chi connectivity index (χ2v) is 6.81. The Bertz CT molecular complexity index is 958. The van der Waals surface area contributed by atoms with Crippen LogP contribution in [0.4, 0.5) is 17.6 Å². The predicted molar refractivity (Wildman–Crippen MR) is 107 cm³/mol. The van der Waals surface area contributed by atoms with Crippen LogP contribution in [0.2, 0.25) is 0 Å². The summed E-state index contributed by atoms with van der Waals surface area (Å²) >= 11 is 0. The average molecular weight is 394 g/mol. The molecule has 29 heavy (non-hydrogen) atoms. The third-order valence-electron chi connectivity index (χ3n) is 4.38. The monoisotopic (exact) mass is 394 g/mol. The summed E-state index contributed by atoms with van der Waals surface area (Å²) in [6, 6.07) is 3.60. The maximum Gasteiger partial charge on any atom is 0.227 e. The molecule has 2 atom stereocenters. The van der Waals surface area contributed by atoms with Gasteiger partial charge in [-0.25, -0.2) is 15.0 Å². The van der Waals surface area contributed by atoms with Gasteiger partial charge >= 0.3 is 0 Å². The smallest absolute Gasteiger partial charge is 0.227 e. The molecular formula is C19H22N8O2. The maximum absolute atomic E-state index is 5.78. The SMILES string of the molecule is COc1cnc(-c2cnnc(Nc3ccnc(N4C[C@@H](C)O[C@@H](C)C4)n3)c2)nc1. The first kappa shape index (κ1) is 18.9. The molecule has 0 amide bonds. The highest BCUT2D eigenvalue weighted by atomic mass is 16.5. The number of rotatable bonds is 5. The number of hydrogen-bond acceptors (Lipinski definition) is 10. The minimum absolute atomic E-state index is 0.131.